The van der Waals surface area contributed by atoms with Crippen molar-refractivity contribution in [3.63, 3.8) is 0 Å². The van der Waals surface area contributed by atoms with Crippen LogP contribution in [0.5, 0.6) is 0 Å². The topological polar surface area (TPSA) is 88.4 Å². The van der Waals surface area contributed by atoms with E-state index < -0.39 is 39.0 Å². The highest BCUT2D eigenvalue weighted by Gasteiger charge is 2.32. The molecule has 8 nitrogen and oxygen atoms in total. The minimum Gasteiger partial charge on any atom is -0.347 e. The van der Waals surface area contributed by atoms with Crippen molar-refractivity contribution in [1.82, 2.24) is 19.7 Å². The second-order valence-electron chi connectivity index (χ2n) is 8.81. The van der Waals surface area contributed by atoms with Crippen LogP contribution in [0.1, 0.15) is 12.5 Å². The van der Waals surface area contributed by atoms with Gasteiger partial charge in [0.15, 0.2) is 0 Å². The second kappa shape index (κ2) is 10.7. The quantitative estimate of drug-likeness (QED) is 0.329. The zero-order chi connectivity index (χ0) is 27.6. The lowest BCUT2D eigenvalue weighted by atomic mass is 9.98. The third kappa shape index (κ3) is 5.14. The van der Waals surface area contributed by atoms with Crippen molar-refractivity contribution >= 4 is 21.6 Å². The number of hydrogen-bond acceptors (Lipinski definition) is 5. The Morgan fingerprint density at radius 1 is 1.03 bits per heavy atom. The van der Waals surface area contributed by atoms with Gasteiger partial charge in [0, 0.05) is 50.4 Å². The molecule has 0 fully saturated rings. The first-order chi connectivity index (χ1) is 18.0. The van der Waals surface area contributed by atoms with Crippen molar-refractivity contribution in [3.8, 4) is 22.4 Å². The first-order valence-electron chi connectivity index (χ1n) is 11.8. The van der Waals surface area contributed by atoms with Gasteiger partial charge in [-0.15, -0.1) is 0 Å². The molecule has 4 rings (SSSR count). The molecule has 2 heterocycles. The Labute approximate surface area is 220 Å². The van der Waals surface area contributed by atoms with Crippen molar-refractivity contribution in [2.45, 2.75) is 25.3 Å². The molecule has 0 unspecified atom stereocenters. The molecule has 198 valence electrons. The van der Waals surface area contributed by atoms with Crippen molar-refractivity contribution in [1.29, 1.82) is 0 Å². The Kier molecular flexibility index (Phi) is 7.58. The Morgan fingerprint density at radius 2 is 1.74 bits per heavy atom. The molecule has 0 spiro atoms. The van der Waals surface area contributed by atoms with Gasteiger partial charge in [-0.05, 0) is 61.4 Å². The van der Waals surface area contributed by atoms with Gasteiger partial charge in [0.05, 0.1) is 5.69 Å². The molecule has 0 atom stereocenters. The summed E-state index contributed by atoms with van der Waals surface area (Å²) in [5.41, 5.74) is 3.55. The fraction of sp³-hybridized carbons (Fsp3) is 0.222. The number of rotatable bonds is 8. The standard InChI is InChI=1S/C27H27F2N5O3S/c1-5-33-16-22(19-11-13-30-14-12-19)27(31-33)21-7-6-8-24(18(21)2)34(17-26(35)32(3)4)38(36,37)25-15-20(28)9-10-23(25)29/h6-16H,5,17H2,1-4H3. The molecule has 2 aromatic heterocycles. The molecule has 1 amide bonds. The fourth-order valence-electron chi connectivity index (χ4n) is 4.03. The van der Waals surface area contributed by atoms with Crippen LogP contribution < -0.4 is 4.31 Å². The number of hydrogen-bond donors (Lipinski definition) is 0. The third-order valence-electron chi connectivity index (χ3n) is 6.14. The van der Waals surface area contributed by atoms with E-state index in [-0.39, 0.29) is 5.69 Å². The summed E-state index contributed by atoms with van der Waals surface area (Å²) < 4.78 is 58.7. The van der Waals surface area contributed by atoms with Crippen LogP contribution in [-0.4, -0.2) is 54.6 Å². The van der Waals surface area contributed by atoms with E-state index in [0.29, 0.717) is 29.4 Å². The molecule has 11 heteroatoms. The summed E-state index contributed by atoms with van der Waals surface area (Å²) >= 11 is 0. The van der Waals surface area contributed by atoms with E-state index in [1.54, 1.807) is 36.1 Å². The number of sulfonamides is 1. The predicted molar refractivity (Wildman–Crippen MR) is 141 cm³/mol. The predicted octanol–water partition coefficient (Wildman–Crippen LogP) is 4.50. The number of likely N-dealkylation sites (N-methyl/N-ethyl adjacent to an activating group) is 1. The zero-order valence-corrected chi connectivity index (χ0v) is 22.2. The number of aryl methyl sites for hydroxylation is 1. The minimum atomic E-state index is -4.68. The molecular formula is C27H27F2N5O3S. The van der Waals surface area contributed by atoms with Crippen LogP contribution >= 0.6 is 0 Å². The number of amides is 1. The number of carbonyl (C=O) groups excluding carboxylic acids is 1. The van der Waals surface area contributed by atoms with Gasteiger partial charge in [0.2, 0.25) is 5.91 Å². The van der Waals surface area contributed by atoms with Crippen molar-refractivity contribution in [2.24, 2.45) is 0 Å². The minimum absolute atomic E-state index is 0.146. The number of anilines is 1. The van der Waals surface area contributed by atoms with Gasteiger partial charge in [-0.1, -0.05) is 12.1 Å². The molecule has 0 aliphatic carbocycles. The van der Waals surface area contributed by atoms with E-state index in [1.807, 2.05) is 25.3 Å². The highest BCUT2D eigenvalue weighted by molar-refractivity contribution is 7.92. The van der Waals surface area contributed by atoms with Gasteiger partial charge in [-0.25, -0.2) is 17.2 Å². The summed E-state index contributed by atoms with van der Waals surface area (Å²) in [6, 6.07) is 10.9. The Morgan fingerprint density at radius 3 is 2.39 bits per heavy atom. The Hall–Kier alpha value is -4.12. The van der Waals surface area contributed by atoms with Crippen LogP contribution in [0.2, 0.25) is 0 Å². The van der Waals surface area contributed by atoms with Gasteiger partial charge in [0.1, 0.15) is 28.8 Å². The van der Waals surface area contributed by atoms with E-state index in [2.05, 4.69) is 4.98 Å². The number of carbonyl (C=O) groups is 1. The van der Waals surface area contributed by atoms with Gasteiger partial charge < -0.3 is 4.90 Å². The summed E-state index contributed by atoms with van der Waals surface area (Å²) in [5.74, 6) is -2.58. The van der Waals surface area contributed by atoms with Gasteiger partial charge in [-0.3, -0.25) is 18.8 Å². The summed E-state index contributed by atoms with van der Waals surface area (Å²) in [5, 5.41) is 4.72. The molecule has 0 aliphatic heterocycles. The molecule has 0 bridgehead atoms. The molecule has 38 heavy (non-hydrogen) atoms. The third-order valence-corrected chi connectivity index (χ3v) is 7.92. The van der Waals surface area contributed by atoms with Crippen LogP contribution in [0, 0.1) is 18.6 Å². The van der Waals surface area contributed by atoms with Crippen LogP contribution in [-0.2, 0) is 21.4 Å². The monoisotopic (exact) mass is 539 g/mol. The van der Waals surface area contributed by atoms with Gasteiger partial charge >= 0.3 is 0 Å². The largest absolute Gasteiger partial charge is 0.347 e. The maximum atomic E-state index is 14.7. The lowest BCUT2D eigenvalue weighted by molar-refractivity contribution is -0.127. The van der Waals surface area contributed by atoms with Gasteiger partial charge in [0.25, 0.3) is 10.0 Å². The molecule has 2 aromatic carbocycles. The van der Waals surface area contributed by atoms with E-state index in [4.69, 9.17) is 5.10 Å². The summed E-state index contributed by atoms with van der Waals surface area (Å²) in [4.78, 5) is 17.2. The lowest BCUT2D eigenvalue weighted by Crippen LogP contribution is -2.41. The summed E-state index contributed by atoms with van der Waals surface area (Å²) in [7, 11) is -1.71. The van der Waals surface area contributed by atoms with E-state index in [0.717, 1.165) is 27.6 Å². The average molecular weight is 540 g/mol. The lowest BCUT2D eigenvalue weighted by Gasteiger charge is -2.27. The van der Waals surface area contributed by atoms with E-state index in [1.165, 1.54) is 25.1 Å². The Balaban J connectivity index is 1.93. The molecule has 0 N–H and O–H groups in total. The molecule has 0 radical (unpaired) electrons. The number of halogens is 2. The molecule has 0 saturated heterocycles. The first-order valence-corrected chi connectivity index (χ1v) is 13.2. The second-order valence-corrected chi connectivity index (χ2v) is 10.6. The fourth-order valence-corrected chi connectivity index (χ4v) is 5.58. The van der Waals surface area contributed by atoms with E-state index in [9.17, 15) is 22.0 Å². The number of pyridine rings is 1. The van der Waals surface area contributed by atoms with E-state index >= 15 is 0 Å². The van der Waals surface area contributed by atoms with Crippen LogP contribution in [0.25, 0.3) is 22.4 Å². The van der Waals surface area contributed by atoms with Gasteiger partial charge in [-0.2, -0.15) is 5.10 Å². The van der Waals surface area contributed by atoms with Crippen molar-refractivity contribution in [3.05, 3.63) is 84.3 Å². The van der Waals surface area contributed by atoms with Crippen LogP contribution in [0.4, 0.5) is 14.5 Å². The van der Waals surface area contributed by atoms with Crippen LogP contribution in [0.15, 0.2) is 72.0 Å². The normalized spacial score (nSPS) is 11.4. The highest BCUT2D eigenvalue weighted by Crippen LogP contribution is 2.38. The number of benzene rings is 2. The summed E-state index contributed by atoms with van der Waals surface area (Å²) in [6.07, 6.45) is 5.23. The van der Waals surface area contributed by atoms with Crippen LogP contribution in [0.3, 0.4) is 0 Å². The molecular weight excluding hydrogens is 512 g/mol. The highest BCUT2D eigenvalue weighted by atomic mass is 32.2. The average Bonchev–Trinajstić information content (AvgIpc) is 3.33. The van der Waals surface area contributed by atoms with Crippen molar-refractivity contribution in [2.75, 3.05) is 24.9 Å². The maximum Gasteiger partial charge on any atom is 0.267 e. The molecule has 0 aliphatic rings. The Bertz CT molecular complexity index is 1590. The number of nitrogens with zero attached hydrogens (tertiary/aromatic N) is 5. The van der Waals surface area contributed by atoms with Crippen molar-refractivity contribution < 1.29 is 22.0 Å². The molecule has 4 aromatic rings. The molecule has 0 saturated carbocycles. The SMILES string of the molecule is CCn1cc(-c2ccncc2)c(-c2cccc(N(CC(=O)N(C)C)S(=O)(=O)c3cc(F)ccc3F)c2C)n1. The zero-order valence-electron chi connectivity index (χ0n) is 21.4. The number of aromatic nitrogens is 3. The summed E-state index contributed by atoms with van der Waals surface area (Å²) in [6.45, 7) is 3.64. The smallest absolute Gasteiger partial charge is 0.267 e. The first kappa shape index (κ1) is 26.9. The maximum absolute atomic E-state index is 14.7.